The molecule has 4 heteroatoms. The molecule has 0 aliphatic carbocycles. The lowest BCUT2D eigenvalue weighted by molar-refractivity contribution is 0.499. The Bertz CT molecular complexity index is 266. The molecule has 2 heterocycles. The fourth-order valence-electron chi connectivity index (χ4n) is 1.64. The fraction of sp³-hybridized carbons (Fsp3) is 0.667. The van der Waals surface area contributed by atoms with E-state index in [4.69, 9.17) is 5.73 Å². The Kier molecular flexibility index (Phi) is 2.90. The summed E-state index contributed by atoms with van der Waals surface area (Å²) in [6.07, 6.45) is 6.61. The van der Waals surface area contributed by atoms with Crippen LogP contribution in [0, 0.1) is 0 Å². The van der Waals surface area contributed by atoms with Gasteiger partial charge in [-0.2, -0.15) is 11.8 Å². The summed E-state index contributed by atoms with van der Waals surface area (Å²) < 4.78 is 2.22. The van der Waals surface area contributed by atoms with Crippen molar-refractivity contribution in [2.45, 2.75) is 25.4 Å². The van der Waals surface area contributed by atoms with Gasteiger partial charge in [0.15, 0.2) is 0 Å². The number of nitrogens with zero attached hydrogens (tertiary/aromatic N) is 2. The molecule has 0 spiro atoms. The van der Waals surface area contributed by atoms with E-state index in [-0.39, 0.29) is 0 Å². The van der Waals surface area contributed by atoms with Crippen LogP contribution in [0.25, 0.3) is 0 Å². The van der Waals surface area contributed by atoms with Gasteiger partial charge in [0.25, 0.3) is 0 Å². The van der Waals surface area contributed by atoms with E-state index in [9.17, 15) is 0 Å². The average molecular weight is 197 g/mol. The molecule has 1 aliphatic rings. The smallest absolute Gasteiger partial charge is 0.0952 e. The van der Waals surface area contributed by atoms with E-state index in [1.54, 1.807) is 0 Å². The highest BCUT2D eigenvalue weighted by Gasteiger charge is 2.15. The van der Waals surface area contributed by atoms with Crippen molar-refractivity contribution in [1.82, 2.24) is 9.55 Å². The van der Waals surface area contributed by atoms with E-state index in [0.29, 0.717) is 12.6 Å². The van der Waals surface area contributed by atoms with Crippen LogP contribution in [0.15, 0.2) is 12.5 Å². The molecule has 1 aliphatic heterocycles. The maximum absolute atomic E-state index is 5.51. The number of hydrogen-bond donors (Lipinski definition) is 1. The van der Waals surface area contributed by atoms with E-state index < -0.39 is 0 Å². The van der Waals surface area contributed by atoms with Gasteiger partial charge in [0, 0.05) is 24.5 Å². The summed E-state index contributed by atoms with van der Waals surface area (Å²) in [5, 5.41) is 0. The van der Waals surface area contributed by atoms with Crippen LogP contribution in [0.1, 0.15) is 24.6 Å². The van der Waals surface area contributed by atoms with Gasteiger partial charge in [-0.3, -0.25) is 0 Å². The van der Waals surface area contributed by atoms with E-state index in [1.807, 2.05) is 18.1 Å². The van der Waals surface area contributed by atoms with Crippen molar-refractivity contribution < 1.29 is 0 Å². The van der Waals surface area contributed by atoms with Gasteiger partial charge >= 0.3 is 0 Å². The first-order valence-corrected chi connectivity index (χ1v) is 5.86. The lowest BCUT2D eigenvalue weighted by atomic mass is 10.2. The molecule has 2 N–H and O–H groups in total. The fourth-order valence-corrected chi connectivity index (χ4v) is 2.79. The molecule has 3 nitrogen and oxygen atoms in total. The Morgan fingerprint density at radius 2 is 2.62 bits per heavy atom. The van der Waals surface area contributed by atoms with Gasteiger partial charge in [-0.15, -0.1) is 0 Å². The second-order valence-electron chi connectivity index (χ2n) is 3.39. The lowest BCUT2D eigenvalue weighted by Crippen LogP contribution is -2.14. The van der Waals surface area contributed by atoms with Gasteiger partial charge in [0.05, 0.1) is 12.0 Å². The van der Waals surface area contributed by atoms with Crippen LogP contribution in [-0.2, 0) is 6.54 Å². The minimum Gasteiger partial charge on any atom is -0.333 e. The molecule has 2 rings (SSSR count). The van der Waals surface area contributed by atoms with Crippen LogP contribution in [-0.4, -0.2) is 21.1 Å². The first-order chi connectivity index (χ1) is 6.40. The Balaban J connectivity index is 2.05. The van der Waals surface area contributed by atoms with Crippen LogP contribution >= 0.6 is 11.8 Å². The summed E-state index contributed by atoms with van der Waals surface area (Å²) in [4.78, 5) is 4.24. The Morgan fingerprint density at radius 3 is 3.23 bits per heavy atom. The molecule has 13 heavy (non-hydrogen) atoms. The average Bonchev–Trinajstić information content (AvgIpc) is 2.67. The normalized spacial score (nSPS) is 23.3. The van der Waals surface area contributed by atoms with Crippen molar-refractivity contribution >= 4 is 11.8 Å². The third-order valence-corrected chi connectivity index (χ3v) is 3.62. The maximum atomic E-state index is 5.51. The third kappa shape index (κ3) is 2.06. The zero-order chi connectivity index (χ0) is 9.10. The molecule has 72 valence electrons. The molecular formula is C9H15N3S. The van der Waals surface area contributed by atoms with Gasteiger partial charge in [-0.1, -0.05) is 0 Å². The molecule has 0 radical (unpaired) electrons. The topological polar surface area (TPSA) is 43.8 Å². The SMILES string of the molecule is NCc1cn(C2CCCSC2)cn1. The molecular weight excluding hydrogens is 182 g/mol. The maximum Gasteiger partial charge on any atom is 0.0952 e. The summed E-state index contributed by atoms with van der Waals surface area (Å²) in [7, 11) is 0. The molecule has 0 saturated carbocycles. The summed E-state index contributed by atoms with van der Waals surface area (Å²) in [6, 6.07) is 0.645. The summed E-state index contributed by atoms with van der Waals surface area (Å²) >= 11 is 2.03. The van der Waals surface area contributed by atoms with Gasteiger partial charge in [-0.05, 0) is 18.6 Å². The Morgan fingerprint density at radius 1 is 1.69 bits per heavy atom. The summed E-state index contributed by atoms with van der Waals surface area (Å²) in [5.74, 6) is 2.54. The monoisotopic (exact) mass is 197 g/mol. The number of thioether (sulfide) groups is 1. The van der Waals surface area contributed by atoms with Crippen molar-refractivity contribution in [3.8, 4) is 0 Å². The van der Waals surface area contributed by atoms with Gasteiger partial charge in [-0.25, -0.2) is 4.98 Å². The molecule has 1 unspecified atom stereocenters. The number of rotatable bonds is 2. The van der Waals surface area contributed by atoms with Gasteiger partial charge in [0.1, 0.15) is 0 Å². The molecule has 0 bridgehead atoms. The summed E-state index contributed by atoms with van der Waals surface area (Å²) in [6.45, 7) is 0.548. The lowest BCUT2D eigenvalue weighted by Gasteiger charge is -2.22. The Labute approximate surface area is 82.7 Å². The molecule has 1 atom stereocenters. The van der Waals surface area contributed by atoms with E-state index in [0.717, 1.165) is 5.69 Å². The highest BCUT2D eigenvalue weighted by atomic mass is 32.2. The van der Waals surface area contributed by atoms with Crippen molar-refractivity contribution in [3.05, 3.63) is 18.2 Å². The van der Waals surface area contributed by atoms with Crippen LogP contribution in [0.5, 0.6) is 0 Å². The number of nitrogens with two attached hydrogens (primary N) is 1. The quantitative estimate of drug-likeness (QED) is 0.779. The largest absolute Gasteiger partial charge is 0.333 e. The molecule has 1 fully saturated rings. The van der Waals surface area contributed by atoms with Crippen molar-refractivity contribution in [3.63, 3.8) is 0 Å². The minimum atomic E-state index is 0.548. The molecule has 0 aromatic carbocycles. The third-order valence-electron chi connectivity index (χ3n) is 2.42. The standard InChI is InChI=1S/C9H15N3S/c10-4-8-5-12(7-11-8)9-2-1-3-13-6-9/h5,7,9H,1-4,6,10H2. The molecule has 1 aromatic heterocycles. The van der Waals surface area contributed by atoms with E-state index >= 15 is 0 Å². The predicted molar refractivity (Wildman–Crippen MR) is 55.7 cm³/mol. The highest BCUT2D eigenvalue weighted by molar-refractivity contribution is 7.99. The minimum absolute atomic E-state index is 0.548. The predicted octanol–water partition coefficient (Wildman–Crippen LogP) is 1.41. The molecule has 1 aromatic rings. The first kappa shape index (κ1) is 9.09. The highest BCUT2D eigenvalue weighted by Crippen LogP contribution is 2.26. The van der Waals surface area contributed by atoms with Crippen LogP contribution in [0.3, 0.4) is 0 Å². The summed E-state index contributed by atoms with van der Waals surface area (Å²) in [5.41, 5.74) is 6.51. The molecule has 0 amide bonds. The van der Waals surface area contributed by atoms with E-state index in [2.05, 4.69) is 15.7 Å². The second-order valence-corrected chi connectivity index (χ2v) is 4.54. The number of hydrogen-bond acceptors (Lipinski definition) is 3. The van der Waals surface area contributed by atoms with E-state index in [1.165, 1.54) is 24.3 Å². The van der Waals surface area contributed by atoms with Crippen molar-refractivity contribution in [2.75, 3.05) is 11.5 Å². The van der Waals surface area contributed by atoms with Crippen molar-refractivity contribution in [2.24, 2.45) is 5.73 Å². The number of imidazole rings is 1. The van der Waals surface area contributed by atoms with Crippen LogP contribution in [0.2, 0.25) is 0 Å². The zero-order valence-electron chi connectivity index (χ0n) is 7.65. The number of aromatic nitrogens is 2. The first-order valence-electron chi connectivity index (χ1n) is 4.70. The zero-order valence-corrected chi connectivity index (χ0v) is 8.46. The van der Waals surface area contributed by atoms with Crippen LogP contribution < -0.4 is 5.73 Å². The Hall–Kier alpha value is -0.480. The van der Waals surface area contributed by atoms with Crippen LogP contribution in [0.4, 0.5) is 0 Å². The van der Waals surface area contributed by atoms with Gasteiger partial charge in [0.2, 0.25) is 0 Å². The van der Waals surface area contributed by atoms with Crippen molar-refractivity contribution in [1.29, 1.82) is 0 Å². The second kappa shape index (κ2) is 4.15. The van der Waals surface area contributed by atoms with Gasteiger partial charge < -0.3 is 10.3 Å². The molecule has 1 saturated heterocycles.